The lowest BCUT2D eigenvalue weighted by Crippen LogP contribution is -2.40. The molecule has 1 unspecified atom stereocenters. The number of ether oxygens (including phenoxy) is 2. The van der Waals surface area contributed by atoms with E-state index in [1.54, 1.807) is 12.2 Å². The summed E-state index contributed by atoms with van der Waals surface area (Å²) < 4.78 is 12.8. The monoisotopic (exact) mass is 354 g/mol. The molecular formula is C19H22N4O3. The molecule has 0 aliphatic carbocycles. The molecule has 7 nitrogen and oxygen atoms in total. The largest absolute Gasteiger partial charge is 0.454 e. The van der Waals surface area contributed by atoms with Crippen molar-refractivity contribution in [2.45, 2.75) is 45.2 Å². The summed E-state index contributed by atoms with van der Waals surface area (Å²) in [6, 6.07) is 5.70. The van der Waals surface area contributed by atoms with Crippen molar-refractivity contribution >= 4 is 12.0 Å². The number of aromatic nitrogens is 3. The van der Waals surface area contributed by atoms with Gasteiger partial charge in [-0.3, -0.25) is 4.79 Å². The fraction of sp³-hybridized carbons (Fsp3) is 0.421. The molecule has 0 saturated carbocycles. The number of hydrogen-bond donors (Lipinski definition) is 1. The molecule has 0 saturated heterocycles. The highest BCUT2D eigenvalue weighted by molar-refractivity contribution is 5.92. The van der Waals surface area contributed by atoms with Crippen LogP contribution in [0.15, 0.2) is 24.3 Å². The van der Waals surface area contributed by atoms with Gasteiger partial charge < -0.3 is 19.4 Å². The first-order valence-electron chi connectivity index (χ1n) is 8.90. The number of benzene rings is 1. The van der Waals surface area contributed by atoms with Crippen LogP contribution in [0.2, 0.25) is 0 Å². The summed E-state index contributed by atoms with van der Waals surface area (Å²) in [6.45, 7) is 5.18. The van der Waals surface area contributed by atoms with E-state index < -0.39 is 0 Å². The van der Waals surface area contributed by atoms with E-state index in [-0.39, 0.29) is 18.7 Å². The predicted octanol–water partition coefficient (Wildman–Crippen LogP) is 2.27. The summed E-state index contributed by atoms with van der Waals surface area (Å²) in [5, 5.41) is 11.6. The zero-order valence-electron chi connectivity index (χ0n) is 14.9. The van der Waals surface area contributed by atoms with Gasteiger partial charge in [-0.15, -0.1) is 10.2 Å². The van der Waals surface area contributed by atoms with E-state index in [1.807, 2.05) is 18.2 Å². The van der Waals surface area contributed by atoms with Gasteiger partial charge in [0, 0.05) is 31.0 Å². The molecule has 0 spiro atoms. The third-order valence-corrected chi connectivity index (χ3v) is 4.66. The van der Waals surface area contributed by atoms with Crippen LogP contribution in [0.5, 0.6) is 11.5 Å². The van der Waals surface area contributed by atoms with Gasteiger partial charge in [-0.05, 0) is 30.2 Å². The van der Waals surface area contributed by atoms with Crippen molar-refractivity contribution in [3.63, 3.8) is 0 Å². The Morgan fingerprint density at radius 2 is 2.15 bits per heavy atom. The van der Waals surface area contributed by atoms with E-state index in [0.29, 0.717) is 11.7 Å². The number of nitrogens with zero attached hydrogens (tertiary/aromatic N) is 3. The second-order valence-electron chi connectivity index (χ2n) is 6.93. The van der Waals surface area contributed by atoms with Crippen LogP contribution in [-0.4, -0.2) is 33.5 Å². The topological polar surface area (TPSA) is 78.3 Å². The van der Waals surface area contributed by atoms with Crippen LogP contribution in [-0.2, 0) is 17.8 Å². The van der Waals surface area contributed by atoms with Crippen LogP contribution in [0.3, 0.4) is 0 Å². The molecule has 2 aromatic rings. The third-order valence-electron chi connectivity index (χ3n) is 4.66. The highest BCUT2D eigenvalue weighted by Crippen LogP contribution is 2.32. The SMILES string of the molecule is CC(C)c1nnc2n1CC(NC(=O)C=Cc1ccc3c(c1)OCO3)CC2. The first-order valence-corrected chi connectivity index (χ1v) is 8.90. The fourth-order valence-electron chi connectivity index (χ4n) is 3.33. The number of aryl methyl sites for hydroxylation is 1. The van der Waals surface area contributed by atoms with Gasteiger partial charge in [-0.1, -0.05) is 19.9 Å². The minimum atomic E-state index is -0.102. The minimum absolute atomic E-state index is 0.0879. The molecule has 4 rings (SSSR count). The first-order chi connectivity index (χ1) is 12.6. The summed E-state index contributed by atoms with van der Waals surface area (Å²) in [5.74, 6) is 3.65. The van der Waals surface area contributed by atoms with Crippen molar-refractivity contribution in [2.24, 2.45) is 0 Å². The van der Waals surface area contributed by atoms with E-state index in [9.17, 15) is 4.79 Å². The Bertz CT molecular complexity index is 856. The molecule has 0 fully saturated rings. The second kappa shape index (κ2) is 6.82. The van der Waals surface area contributed by atoms with E-state index in [0.717, 1.165) is 42.3 Å². The van der Waals surface area contributed by atoms with Gasteiger partial charge in [-0.2, -0.15) is 0 Å². The van der Waals surface area contributed by atoms with Gasteiger partial charge in [-0.25, -0.2) is 0 Å². The summed E-state index contributed by atoms with van der Waals surface area (Å²) in [4.78, 5) is 12.3. The number of carbonyl (C=O) groups excluding carboxylic acids is 1. The number of amides is 1. The van der Waals surface area contributed by atoms with E-state index in [4.69, 9.17) is 9.47 Å². The molecular weight excluding hydrogens is 332 g/mol. The summed E-state index contributed by atoms with van der Waals surface area (Å²) >= 11 is 0. The maximum absolute atomic E-state index is 12.3. The fourth-order valence-corrected chi connectivity index (χ4v) is 3.33. The predicted molar refractivity (Wildman–Crippen MR) is 96.0 cm³/mol. The number of hydrogen-bond acceptors (Lipinski definition) is 5. The molecule has 1 N–H and O–H groups in total. The molecule has 2 aliphatic heterocycles. The lowest BCUT2D eigenvalue weighted by atomic mass is 10.1. The smallest absolute Gasteiger partial charge is 0.244 e. The van der Waals surface area contributed by atoms with Crippen molar-refractivity contribution < 1.29 is 14.3 Å². The van der Waals surface area contributed by atoms with Gasteiger partial charge in [0.15, 0.2) is 11.5 Å². The lowest BCUT2D eigenvalue weighted by Gasteiger charge is -2.25. The normalized spacial score (nSPS) is 18.3. The van der Waals surface area contributed by atoms with Crippen LogP contribution in [0, 0.1) is 0 Å². The van der Waals surface area contributed by atoms with Crippen LogP contribution < -0.4 is 14.8 Å². The summed E-state index contributed by atoms with van der Waals surface area (Å²) in [6.07, 6.45) is 5.04. The van der Waals surface area contributed by atoms with Crippen molar-refractivity contribution in [1.82, 2.24) is 20.1 Å². The Morgan fingerprint density at radius 3 is 3.00 bits per heavy atom. The Labute approximate surface area is 152 Å². The maximum atomic E-state index is 12.3. The number of carbonyl (C=O) groups is 1. The molecule has 0 radical (unpaired) electrons. The molecule has 26 heavy (non-hydrogen) atoms. The molecule has 1 amide bonds. The average molecular weight is 354 g/mol. The minimum Gasteiger partial charge on any atom is -0.454 e. The van der Waals surface area contributed by atoms with E-state index in [2.05, 4.69) is 33.9 Å². The Hall–Kier alpha value is -2.83. The van der Waals surface area contributed by atoms with E-state index >= 15 is 0 Å². The molecule has 2 aliphatic rings. The molecule has 0 bridgehead atoms. The summed E-state index contributed by atoms with van der Waals surface area (Å²) in [7, 11) is 0. The first kappa shape index (κ1) is 16.6. The number of rotatable bonds is 4. The molecule has 3 heterocycles. The van der Waals surface area contributed by atoms with Gasteiger partial charge in [0.25, 0.3) is 0 Å². The maximum Gasteiger partial charge on any atom is 0.244 e. The third kappa shape index (κ3) is 3.29. The highest BCUT2D eigenvalue weighted by atomic mass is 16.7. The lowest BCUT2D eigenvalue weighted by molar-refractivity contribution is -0.117. The van der Waals surface area contributed by atoms with Gasteiger partial charge in [0.05, 0.1) is 0 Å². The van der Waals surface area contributed by atoms with Crippen LogP contribution in [0.25, 0.3) is 6.08 Å². The Kier molecular flexibility index (Phi) is 4.36. The number of fused-ring (bicyclic) bond motifs is 2. The molecule has 1 aromatic carbocycles. The number of nitrogens with one attached hydrogen (secondary N) is 1. The average Bonchev–Trinajstić information content (AvgIpc) is 3.25. The summed E-state index contributed by atoms with van der Waals surface area (Å²) in [5.41, 5.74) is 0.899. The van der Waals surface area contributed by atoms with Gasteiger partial charge >= 0.3 is 0 Å². The van der Waals surface area contributed by atoms with Gasteiger partial charge in [0.1, 0.15) is 11.6 Å². The Balaban J connectivity index is 1.38. The second-order valence-corrected chi connectivity index (χ2v) is 6.93. The molecule has 1 aromatic heterocycles. The van der Waals surface area contributed by atoms with Gasteiger partial charge in [0.2, 0.25) is 12.7 Å². The van der Waals surface area contributed by atoms with Crippen molar-refractivity contribution in [3.8, 4) is 11.5 Å². The molecule has 7 heteroatoms. The van der Waals surface area contributed by atoms with Crippen LogP contribution >= 0.6 is 0 Å². The van der Waals surface area contributed by atoms with Crippen molar-refractivity contribution in [3.05, 3.63) is 41.5 Å². The van der Waals surface area contributed by atoms with E-state index in [1.165, 1.54) is 0 Å². The zero-order chi connectivity index (χ0) is 18.1. The zero-order valence-corrected chi connectivity index (χ0v) is 14.9. The van der Waals surface area contributed by atoms with Crippen LogP contribution in [0.4, 0.5) is 0 Å². The quantitative estimate of drug-likeness (QED) is 0.852. The Morgan fingerprint density at radius 1 is 1.31 bits per heavy atom. The molecule has 136 valence electrons. The van der Waals surface area contributed by atoms with Crippen molar-refractivity contribution in [2.75, 3.05) is 6.79 Å². The standard InChI is InChI=1S/C19H22N4O3/c1-12(2)19-22-21-17-7-5-14(10-23(17)19)20-18(24)8-4-13-3-6-15-16(9-13)26-11-25-15/h3-4,6,8-9,12,14H,5,7,10-11H2,1-2H3,(H,20,24). The van der Waals surface area contributed by atoms with Crippen LogP contribution in [0.1, 0.15) is 43.4 Å². The molecule has 1 atom stereocenters. The van der Waals surface area contributed by atoms with Crippen molar-refractivity contribution in [1.29, 1.82) is 0 Å². The highest BCUT2D eigenvalue weighted by Gasteiger charge is 2.24.